The van der Waals surface area contributed by atoms with Gasteiger partial charge in [0.1, 0.15) is 11.5 Å². The molecule has 1 aliphatic carbocycles. The smallest absolute Gasteiger partial charge is 0.306 e. The number of carboxylic acid groups (broad SMARTS) is 1. The molecule has 130 valence electrons. The maximum absolute atomic E-state index is 12.6. The maximum Gasteiger partial charge on any atom is 0.306 e. The molecule has 0 unspecified atom stereocenters. The van der Waals surface area contributed by atoms with Gasteiger partial charge in [-0.2, -0.15) is 0 Å². The van der Waals surface area contributed by atoms with Gasteiger partial charge < -0.3 is 15.2 Å². The van der Waals surface area contributed by atoms with Crippen molar-refractivity contribution in [1.82, 2.24) is 5.32 Å². The number of carbonyl (C=O) groups excluding carboxylic acids is 1. The summed E-state index contributed by atoms with van der Waals surface area (Å²) in [5.41, 5.74) is 1.52. The molecule has 1 aliphatic rings. The van der Waals surface area contributed by atoms with E-state index in [2.05, 4.69) is 5.32 Å². The molecule has 0 aromatic heterocycles. The third-order valence-corrected chi connectivity index (χ3v) is 4.47. The molecule has 2 aromatic carbocycles. The van der Waals surface area contributed by atoms with E-state index in [0.717, 1.165) is 5.56 Å². The topological polar surface area (TPSA) is 75.6 Å². The summed E-state index contributed by atoms with van der Waals surface area (Å²) in [4.78, 5) is 23.7. The number of para-hydroxylation sites is 1. The summed E-state index contributed by atoms with van der Waals surface area (Å²) in [5, 5.41) is 12.0. The van der Waals surface area contributed by atoms with Crippen LogP contribution in [0.1, 0.15) is 35.2 Å². The number of hydrogen-bond donors (Lipinski definition) is 2. The summed E-state index contributed by atoms with van der Waals surface area (Å²) in [6.07, 6.45) is 1.76. The zero-order chi connectivity index (χ0) is 17.8. The SMILES string of the molecule is Cc1cccc(Oc2ccccc2C(=O)N[C@@H]2CC[C@H](C(=O)O)C2)c1. The van der Waals surface area contributed by atoms with E-state index in [9.17, 15) is 9.59 Å². The molecule has 0 spiro atoms. The molecule has 25 heavy (non-hydrogen) atoms. The lowest BCUT2D eigenvalue weighted by Crippen LogP contribution is -2.33. The highest BCUT2D eigenvalue weighted by molar-refractivity contribution is 5.97. The molecule has 5 heteroatoms. The minimum Gasteiger partial charge on any atom is -0.481 e. The average molecular weight is 339 g/mol. The monoisotopic (exact) mass is 339 g/mol. The molecular formula is C20H21NO4. The van der Waals surface area contributed by atoms with Crippen molar-refractivity contribution < 1.29 is 19.4 Å². The second-order valence-corrected chi connectivity index (χ2v) is 6.43. The second-order valence-electron chi connectivity index (χ2n) is 6.43. The number of aliphatic carboxylic acids is 1. The van der Waals surface area contributed by atoms with E-state index in [1.807, 2.05) is 37.3 Å². The third kappa shape index (κ3) is 4.18. The molecule has 0 aliphatic heterocycles. The lowest BCUT2D eigenvalue weighted by atomic mass is 10.1. The summed E-state index contributed by atoms with van der Waals surface area (Å²) in [6.45, 7) is 1.98. The Labute approximate surface area is 146 Å². The first kappa shape index (κ1) is 17.0. The van der Waals surface area contributed by atoms with Crippen molar-refractivity contribution in [3.05, 3.63) is 59.7 Å². The molecule has 0 saturated heterocycles. The van der Waals surface area contributed by atoms with E-state index < -0.39 is 5.97 Å². The quantitative estimate of drug-likeness (QED) is 0.869. The van der Waals surface area contributed by atoms with Crippen LogP contribution in [0, 0.1) is 12.8 Å². The van der Waals surface area contributed by atoms with Crippen LogP contribution >= 0.6 is 0 Å². The highest BCUT2D eigenvalue weighted by atomic mass is 16.5. The van der Waals surface area contributed by atoms with Crippen LogP contribution in [-0.2, 0) is 4.79 Å². The highest BCUT2D eigenvalue weighted by Crippen LogP contribution is 2.28. The molecular weight excluding hydrogens is 318 g/mol. The Morgan fingerprint density at radius 3 is 2.64 bits per heavy atom. The first-order valence-electron chi connectivity index (χ1n) is 8.40. The van der Waals surface area contributed by atoms with Crippen LogP contribution in [0.15, 0.2) is 48.5 Å². The number of amides is 1. The molecule has 5 nitrogen and oxygen atoms in total. The zero-order valence-corrected chi connectivity index (χ0v) is 14.1. The van der Waals surface area contributed by atoms with E-state index >= 15 is 0 Å². The van der Waals surface area contributed by atoms with Gasteiger partial charge in [-0.15, -0.1) is 0 Å². The Bertz CT molecular complexity index is 787. The van der Waals surface area contributed by atoms with E-state index in [4.69, 9.17) is 9.84 Å². The van der Waals surface area contributed by atoms with Crippen molar-refractivity contribution in [2.45, 2.75) is 32.2 Å². The fourth-order valence-electron chi connectivity index (χ4n) is 3.15. The van der Waals surface area contributed by atoms with Crippen LogP contribution in [0.3, 0.4) is 0 Å². The van der Waals surface area contributed by atoms with Crippen LogP contribution < -0.4 is 10.1 Å². The van der Waals surface area contributed by atoms with Crippen LogP contribution in [0.2, 0.25) is 0 Å². The number of benzene rings is 2. The summed E-state index contributed by atoms with van der Waals surface area (Å²) in [5.74, 6) is -0.242. The van der Waals surface area contributed by atoms with Crippen LogP contribution in [0.25, 0.3) is 0 Å². The van der Waals surface area contributed by atoms with Gasteiger partial charge in [-0.3, -0.25) is 9.59 Å². The number of ether oxygens (including phenoxy) is 1. The highest BCUT2D eigenvalue weighted by Gasteiger charge is 2.31. The van der Waals surface area contributed by atoms with Gasteiger partial charge in [-0.05, 0) is 56.0 Å². The lowest BCUT2D eigenvalue weighted by Gasteiger charge is -2.15. The van der Waals surface area contributed by atoms with Gasteiger partial charge in [0.25, 0.3) is 5.91 Å². The summed E-state index contributed by atoms with van der Waals surface area (Å²) in [7, 11) is 0. The first-order valence-corrected chi connectivity index (χ1v) is 8.40. The molecule has 1 amide bonds. The molecule has 0 radical (unpaired) electrons. The normalized spacial score (nSPS) is 19.4. The van der Waals surface area contributed by atoms with Crippen molar-refractivity contribution >= 4 is 11.9 Å². The molecule has 1 fully saturated rings. The Morgan fingerprint density at radius 2 is 1.92 bits per heavy atom. The van der Waals surface area contributed by atoms with Gasteiger partial charge in [0.2, 0.25) is 0 Å². The molecule has 0 heterocycles. The number of rotatable bonds is 5. The van der Waals surface area contributed by atoms with Crippen molar-refractivity contribution in [3.63, 3.8) is 0 Å². The van der Waals surface area contributed by atoms with Crippen molar-refractivity contribution in [3.8, 4) is 11.5 Å². The van der Waals surface area contributed by atoms with Crippen molar-refractivity contribution in [2.24, 2.45) is 5.92 Å². The summed E-state index contributed by atoms with van der Waals surface area (Å²) in [6, 6.07) is 14.6. The number of hydrogen-bond acceptors (Lipinski definition) is 3. The molecule has 1 saturated carbocycles. The predicted molar refractivity (Wildman–Crippen MR) is 93.9 cm³/mol. The Kier molecular flexibility index (Phi) is 5.03. The minimum absolute atomic E-state index is 0.111. The lowest BCUT2D eigenvalue weighted by molar-refractivity contribution is -0.141. The maximum atomic E-state index is 12.6. The Hall–Kier alpha value is -2.82. The second kappa shape index (κ2) is 7.38. The Morgan fingerprint density at radius 1 is 1.12 bits per heavy atom. The summed E-state index contributed by atoms with van der Waals surface area (Å²) < 4.78 is 5.88. The van der Waals surface area contributed by atoms with Gasteiger partial charge in [0, 0.05) is 6.04 Å². The number of nitrogens with one attached hydrogen (secondary N) is 1. The first-order chi connectivity index (χ1) is 12.0. The van der Waals surface area contributed by atoms with Gasteiger partial charge in [-0.1, -0.05) is 24.3 Å². The largest absolute Gasteiger partial charge is 0.481 e. The van der Waals surface area contributed by atoms with Crippen molar-refractivity contribution in [1.29, 1.82) is 0 Å². The summed E-state index contributed by atoms with van der Waals surface area (Å²) >= 11 is 0. The van der Waals surface area contributed by atoms with Gasteiger partial charge >= 0.3 is 5.97 Å². The molecule has 2 aromatic rings. The predicted octanol–water partition coefficient (Wildman–Crippen LogP) is 3.77. The third-order valence-electron chi connectivity index (χ3n) is 4.47. The van der Waals surface area contributed by atoms with Crippen LogP contribution in [0.5, 0.6) is 11.5 Å². The number of carboxylic acids is 1. The van der Waals surface area contributed by atoms with E-state index in [0.29, 0.717) is 36.3 Å². The zero-order valence-electron chi connectivity index (χ0n) is 14.1. The standard InChI is InChI=1S/C20H21NO4/c1-13-5-4-6-16(11-13)25-18-8-3-2-7-17(18)19(22)21-15-10-9-14(12-15)20(23)24/h2-8,11,14-15H,9-10,12H2,1H3,(H,21,22)(H,23,24)/t14-,15+/m0/s1. The van der Waals surface area contributed by atoms with Crippen LogP contribution in [0.4, 0.5) is 0 Å². The van der Waals surface area contributed by atoms with E-state index in [1.54, 1.807) is 18.2 Å². The fraction of sp³-hybridized carbons (Fsp3) is 0.300. The minimum atomic E-state index is -0.792. The molecule has 0 bridgehead atoms. The van der Waals surface area contributed by atoms with Gasteiger partial charge in [0.15, 0.2) is 0 Å². The van der Waals surface area contributed by atoms with Crippen molar-refractivity contribution in [2.75, 3.05) is 0 Å². The van der Waals surface area contributed by atoms with Gasteiger partial charge in [-0.25, -0.2) is 0 Å². The molecule has 2 atom stereocenters. The fourth-order valence-corrected chi connectivity index (χ4v) is 3.15. The van der Waals surface area contributed by atoms with Crippen LogP contribution in [-0.4, -0.2) is 23.0 Å². The Balaban J connectivity index is 1.72. The number of carbonyl (C=O) groups is 2. The average Bonchev–Trinajstić information content (AvgIpc) is 3.04. The molecule has 3 rings (SSSR count). The van der Waals surface area contributed by atoms with E-state index in [-0.39, 0.29) is 17.9 Å². The number of aryl methyl sites for hydroxylation is 1. The van der Waals surface area contributed by atoms with E-state index in [1.165, 1.54) is 0 Å². The molecule has 2 N–H and O–H groups in total. The van der Waals surface area contributed by atoms with Gasteiger partial charge in [0.05, 0.1) is 11.5 Å².